The third-order valence-corrected chi connectivity index (χ3v) is 7.35. The van der Waals surface area contributed by atoms with E-state index in [1.807, 2.05) is 25.1 Å². The summed E-state index contributed by atoms with van der Waals surface area (Å²) in [5.41, 5.74) is 1.24. The number of rotatable bonds is 5. The summed E-state index contributed by atoms with van der Waals surface area (Å²) in [5.74, 6) is 0.782. The Balaban J connectivity index is 1.68. The van der Waals surface area contributed by atoms with E-state index in [1.54, 1.807) is 23.5 Å². The van der Waals surface area contributed by atoms with E-state index in [1.165, 1.54) is 0 Å². The van der Waals surface area contributed by atoms with Crippen molar-refractivity contribution in [2.75, 3.05) is 33.4 Å². The van der Waals surface area contributed by atoms with Crippen LogP contribution >= 0.6 is 0 Å². The maximum absolute atomic E-state index is 13.1. The highest BCUT2D eigenvalue weighted by Gasteiger charge is 2.56. The summed E-state index contributed by atoms with van der Waals surface area (Å²) in [6.07, 6.45) is 0.754. The van der Waals surface area contributed by atoms with Crippen LogP contribution < -0.4 is 0 Å². The number of likely N-dealkylation sites (tertiary alicyclic amines) is 1. The monoisotopic (exact) mass is 377 g/mol. The van der Waals surface area contributed by atoms with E-state index in [9.17, 15) is 8.42 Å². The minimum Gasteiger partial charge on any atom is -0.383 e. The molecule has 0 bridgehead atoms. The largest absolute Gasteiger partial charge is 0.383 e. The fourth-order valence-electron chi connectivity index (χ4n) is 4.22. The van der Waals surface area contributed by atoms with Crippen LogP contribution in [0.5, 0.6) is 0 Å². The van der Waals surface area contributed by atoms with E-state index in [2.05, 4.69) is 10.1 Å². The van der Waals surface area contributed by atoms with Gasteiger partial charge in [-0.05, 0) is 25.0 Å². The fourth-order valence-corrected chi connectivity index (χ4v) is 6.26. The summed E-state index contributed by atoms with van der Waals surface area (Å²) in [6, 6.07) is 9.29. The maximum Gasteiger partial charge on any atom is 0.244 e. The summed E-state index contributed by atoms with van der Waals surface area (Å²) < 4.78 is 38.3. The number of aromatic nitrogens is 1. The molecule has 1 atom stereocenters. The lowest BCUT2D eigenvalue weighted by Gasteiger charge is -2.34. The Morgan fingerprint density at radius 2 is 2.15 bits per heavy atom. The summed E-state index contributed by atoms with van der Waals surface area (Å²) in [6.45, 7) is 4.69. The fraction of sp³-hybridized carbons (Fsp3) is 0.500. The molecule has 3 heterocycles. The van der Waals surface area contributed by atoms with Crippen LogP contribution in [0.15, 0.2) is 39.8 Å². The molecule has 1 aromatic heterocycles. The second kappa shape index (κ2) is 6.45. The molecule has 26 heavy (non-hydrogen) atoms. The molecule has 0 saturated carbocycles. The number of methoxy groups -OCH3 is 1. The Morgan fingerprint density at radius 1 is 1.35 bits per heavy atom. The number of benzene rings is 1. The molecular formula is C18H23N3O4S. The van der Waals surface area contributed by atoms with Gasteiger partial charge in [-0.1, -0.05) is 23.4 Å². The van der Waals surface area contributed by atoms with E-state index in [-0.39, 0.29) is 0 Å². The molecular weight excluding hydrogens is 354 g/mol. The zero-order valence-electron chi connectivity index (χ0n) is 15.0. The molecule has 0 N–H and O–H groups in total. The zero-order valence-corrected chi connectivity index (χ0v) is 15.8. The lowest BCUT2D eigenvalue weighted by atomic mass is 9.89. The highest BCUT2D eigenvalue weighted by Crippen LogP contribution is 2.49. The average molecular weight is 377 g/mol. The highest BCUT2D eigenvalue weighted by molar-refractivity contribution is 7.89. The first-order valence-electron chi connectivity index (χ1n) is 8.73. The van der Waals surface area contributed by atoms with Gasteiger partial charge < -0.3 is 9.26 Å². The number of ether oxygens (including phenoxy) is 1. The van der Waals surface area contributed by atoms with Crippen LogP contribution in [0.25, 0.3) is 0 Å². The van der Waals surface area contributed by atoms with Gasteiger partial charge in [0.25, 0.3) is 0 Å². The van der Waals surface area contributed by atoms with Crippen molar-refractivity contribution in [1.29, 1.82) is 0 Å². The molecule has 2 aliphatic heterocycles. The number of fused-ring (bicyclic) bond motifs is 2. The first kappa shape index (κ1) is 17.7. The molecule has 1 unspecified atom stereocenters. The predicted molar refractivity (Wildman–Crippen MR) is 95.0 cm³/mol. The van der Waals surface area contributed by atoms with Crippen molar-refractivity contribution < 1.29 is 17.7 Å². The third kappa shape index (κ3) is 2.68. The van der Waals surface area contributed by atoms with Crippen molar-refractivity contribution in [2.45, 2.75) is 30.3 Å². The molecule has 1 saturated heterocycles. The number of aryl methyl sites for hydroxylation is 1. The molecule has 1 aromatic carbocycles. The van der Waals surface area contributed by atoms with Crippen LogP contribution in [0.2, 0.25) is 0 Å². The van der Waals surface area contributed by atoms with Crippen LogP contribution in [0.3, 0.4) is 0 Å². The first-order valence-corrected chi connectivity index (χ1v) is 10.2. The van der Waals surface area contributed by atoms with Crippen LogP contribution in [0.4, 0.5) is 0 Å². The maximum atomic E-state index is 13.1. The predicted octanol–water partition coefficient (Wildman–Crippen LogP) is 1.73. The number of nitrogens with zero attached hydrogens (tertiary/aromatic N) is 3. The normalized spacial score (nSPS) is 25.2. The molecule has 1 fully saturated rings. The van der Waals surface area contributed by atoms with E-state index < -0.39 is 15.6 Å². The number of hydrogen-bond donors (Lipinski definition) is 0. The van der Waals surface area contributed by atoms with Gasteiger partial charge in [-0.25, -0.2) is 8.42 Å². The number of hydrogen-bond acceptors (Lipinski definition) is 6. The molecule has 0 amide bonds. The van der Waals surface area contributed by atoms with Gasteiger partial charge in [0.2, 0.25) is 10.0 Å². The Morgan fingerprint density at radius 3 is 2.88 bits per heavy atom. The molecule has 1 spiro atoms. The second-order valence-electron chi connectivity index (χ2n) is 6.99. The lowest BCUT2D eigenvalue weighted by Crippen LogP contribution is -2.47. The minimum atomic E-state index is -3.51. The zero-order chi connectivity index (χ0) is 18.4. The molecule has 2 aromatic rings. The van der Waals surface area contributed by atoms with Gasteiger partial charge in [0.05, 0.1) is 22.7 Å². The van der Waals surface area contributed by atoms with Crippen LogP contribution in [-0.4, -0.2) is 56.1 Å². The van der Waals surface area contributed by atoms with Crippen molar-refractivity contribution in [3.05, 3.63) is 47.3 Å². The van der Waals surface area contributed by atoms with Gasteiger partial charge in [-0.15, -0.1) is 0 Å². The van der Waals surface area contributed by atoms with Gasteiger partial charge in [0, 0.05) is 39.4 Å². The first-order chi connectivity index (χ1) is 12.5. The van der Waals surface area contributed by atoms with E-state index in [0.29, 0.717) is 31.1 Å². The van der Waals surface area contributed by atoms with Crippen LogP contribution in [0, 0.1) is 6.92 Å². The molecule has 2 aliphatic rings. The number of sulfonamides is 1. The molecule has 7 nitrogen and oxygen atoms in total. The molecule has 8 heteroatoms. The van der Waals surface area contributed by atoms with Gasteiger partial charge >= 0.3 is 0 Å². The van der Waals surface area contributed by atoms with Crippen molar-refractivity contribution in [3.63, 3.8) is 0 Å². The Labute approximate surface area is 153 Å². The van der Waals surface area contributed by atoms with Gasteiger partial charge in [0.1, 0.15) is 5.76 Å². The van der Waals surface area contributed by atoms with Crippen molar-refractivity contribution in [3.8, 4) is 0 Å². The van der Waals surface area contributed by atoms with E-state index in [4.69, 9.17) is 9.26 Å². The minimum absolute atomic E-state index is 0.352. The lowest BCUT2D eigenvalue weighted by molar-refractivity contribution is 0.129. The highest BCUT2D eigenvalue weighted by atomic mass is 32.2. The quantitative estimate of drug-likeness (QED) is 0.790. The molecule has 140 valence electrons. The van der Waals surface area contributed by atoms with Crippen LogP contribution in [0.1, 0.15) is 23.4 Å². The van der Waals surface area contributed by atoms with Gasteiger partial charge in [-0.2, -0.15) is 4.31 Å². The third-order valence-electron chi connectivity index (χ3n) is 5.32. The van der Waals surface area contributed by atoms with E-state index >= 15 is 0 Å². The van der Waals surface area contributed by atoms with Crippen LogP contribution in [-0.2, 0) is 26.8 Å². The standard InChI is InChI=1S/C18H23N3O4S/c1-14-11-15(19-25-14)12-20-8-7-18(13-20)16-5-3-4-6-17(16)26(22,23)21(18)9-10-24-2/h3-6,11H,7-10,12-13H2,1-2H3. The van der Waals surface area contributed by atoms with Crippen molar-refractivity contribution in [1.82, 2.24) is 14.4 Å². The average Bonchev–Trinajstić information content (AvgIpc) is 3.26. The summed E-state index contributed by atoms with van der Waals surface area (Å²) in [4.78, 5) is 2.67. The molecule has 4 rings (SSSR count). The van der Waals surface area contributed by atoms with Gasteiger partial charge in [-0.3, -0.25) is 4.90 Å². The summed E-state index contributed by atoms with van der Waals surface area (Å²) in [7, 11) is -1.92. The summed E-state index contributed by atoms with van der Waals surface area (Å²) in [5, 5.41) is 4.07. The van der Waals surface area contributed by atoms with Crippen molar-refractivity contribution >= 4 is 10.0 Å². The second-order valence-corrected chi connectivity index (χ2v) is 8.82. The molecule has 0 aliphatic carbocycles. The Kier molecular flexibility index (Phi) is 4.38. The Bertz CT molecular complexity index is 911. The SMILES string of the molecule is COCCN1C2(CCN(Cc3cc(C)on3)C2)c2ccccc2S1(=O)=O. The van der Waals surface area contributed by atoms with E-state index in [0.717, 1.165) is 30.0 Å². The Hall–Kier alpha value is -1.74. The molecule has 0 radical (unpaired) electrons. The topological polar surface area (TPSA) is 75.9 Å². The smallest absolute Gasteiger partial charge is 0.244 e. The van der Waals surface area contributed by atoms with Gasteiger partial charge in [0.15, 0.2) is 0 Å². The van der Waals surface area contributed by atoms with Crippen molar-refractivity contribution in [2.24, 2.45) is 0 Å². The summed E-state index contributed by atoms with van der Waals surface area (Å²) >= 11 is 0.